The van der Waals surface area contributed by atoms with Crippen molar-refractivity contribution in [2.45, 2.75) is 32.8 Å². The predicted octanol–water partition coefficient (Wildman–Crippen LogP) is 3.88. The zero-order valence-corrected chi connectivity index (χ0v) is 18.8. The molecule has 0 unspecified atom stereocenters. The van der Waals surface area contributed by atoms with Crippen molar-refractivity contribution in [3.63, 3.8) is 0 Å². The van der Waals surface area contributed by atoms with Crippen LogP contribution in [-0.2, 0) is 16.6 Å². The van der Waals surface area contributed by atoms with Crippen LogP contribution in [0.5, 0.6) is 0 Å². The van der Waals surface area contributed by atoms with E-state index in [2.05, 4.69) is 25.9 Å². The normalized spacial score (nSPS) is 14.6. The second-order valence-corrected chi connectivity index (χ2v) is 8.16. The van der Waals surface area contributed by atoms with Crippen molar-refractivity contribution in [3.05, 3.63) is 53.5 Å². The van der Waals surface area contributed by atoms with Gasteiger partial charge in [-0.1, -0.05) is 11.3 Å². The summed E-state index contributed by atoms with van der Waals surface area (Å²) in [5.41, 5.74) is 1.54. The highest BCUT2D eigenvalue weighted by atomic mass is 19.1. The fourth-order valence-corrected chi connectivity index (χ4v) is 3.44. The Morgan fingerprint density at radius 2 is 2.03 bits per heavy atom. The van der Waals surface area contributed by atoms with Gasteiger partial charge in [0.1, 0.15) is 17.3 Å². The minimum atomic E-state index is -0.942. The molecule has 4 rings (SSSR count). The van der Waals surface area contributed by atoms with Crippen molar-refractivity contribution >= 4 is 23.5 Å². The summed E-state index contributed by atoms with van der Waals surface area (Å²) in [6.07, 6.45) is 1.07. The Morgan fingerprint density at radius 3 is 2.68 bits per heavy atom. The maximum atomic E-state index is 13.6. The van der Waals surface area contributed by atoms with Gasteiger partial charge in [-0.3, -0.25) is 15.1 Å². The van der Waals surface area contributed by atoms with Gasteiger partial charge >= 0.3 is 6.09 Å². The molecule has 0 saturated heterocycles. The molecule has 174 valence electrons. The van der Waals surface area contributed by atoms with Gasteiger partial charge in [0.05, 0.1) is 23.6 Å². The Kier molecular flexibility index (Phi) is 5.98. The number of hydrogen-bond acceptors (Lipinski definition) is 7. The van der Waals surface area contributed by atoms with Crippen LogP contribution in [0.15, 0.2) is 36.5 Å². The first-order chi connectivity index (χ1) is 16.2. The molecule has 1 aliphatic carbocycles. The van der Waals surface area contributed by atoms with Gasteiger partial charge in [0.15, 0.2) is 11.5 Å². The van der Waals surface area contributed by atoms with Gasteiger partial charge in [-0.2, -0.15) is 5.26 Å². The van der Waals surface area contributed by atoms with Gasteiger partial charge in [-0.25, -0.2) is 13.9 Å². The third kappa shape index (κ3) is 4.56. The summed E-state index contributed by atoms with van der Waals surface area (Å²) in [7, 11) is 1.60. The number of benzene rings is 1. The fraction of sp³-hybridized carbons (Fsp3) is 0.304. The highest BCUT2D eigenvalue weighted by Crippen LogP contribution is 2.45. The van der Waals surface area contributed by atoms with Gasteiger partial charge in [0.2, 0.25) is 5.91 Å². The predicted molar refractivity (Wildman–Crippen MR) is 120 cm³/mol. The Morgan fingerprint density at radius 1 is 1.26 bits per heavy atom. The van der Waals surface area contributed by atoms with E-state index in [1.807, 2.05) is 6.07 Å². The highest BCUT2D eigenvalue weighted by Gasteiger charge is 2.50. The Bertz CT molecular complexity index is 1290. The van der Waals surface area contributed by atoms with Crippen molar-refractivity contribution in [3.8, 4) is 17.5 Å². The summed E-state index contributed by atoms with van der Waals surface area (Å²) in [6.45, 7) is 3.45. The molecule has 1 aromatic carbocycles. The number of nitrogens with one attached hydrogen (secondary N) is 2. The van der Waals surface area contributed by atoms with Crippen molar-refractivity contribution in [2.24, 2.45) is 12.5 Å². The lowest BCUT2D eigenvalue weighted by Gasteiger charge is -2.16. The van der Waals surface area contributed by atoms with Crippen LogP contribution in [0, 0.1) is 29.5 Å². The third-order valence-electron chi connectivity index (χ3n) is 5.67. The number of anilines is 2. The van der Waals surface area contributed by atoms with Crippen molar-refractivity contribution < 1.29 is 18.7 Å². The van der Waals surface area contributed by atoms with E-state index in [1.165, 1.54) is 23.0 Å². The number of ether oxygens (including phenoxy) is 1. The first kappa shape index (κ1) is 22.8. The molecule has 2 N–H and O–H groups in total. The van der Waals surface area contributed by atoms with Crippen LogP contribution in [0.3, 0.4) is 0 Å². The van der Waals surface area contributed by atoms with Crippen molar-refractivity contribution in [1.82, 2.24) is 20.0 Å². The fourth-order valence-electron chi connectivity index (χ4n) is 3.44. The Hall–Kier alpha value is -4.33. The number of nitriles is 1. The van der Waals surface area contributed by atoms with Crippen LogP contribution in [0.25, 0.3) is 11.4 Å². The van der Waals surface area contributed by atoms with E-state index >= 15 is 0 Å². The average Bonchev–Trinajstić information content (AvgIpc) is 3.54. The molecule has 1 saturated carbocycles. The molecule has 2 aromatic heterocycles. The molecule has 0 aliphatic heterocycles. The molecule has 0 bridgehead atoms. The number of carbonyl (C=O) groups is 2. The standard InChI is InChI=1S/C23H22FN7O3/c1-13-4-5-15(24)10-17(13)14(2)34-22(33)28-20-19(29-30-31(20)3)18-7-6-16(11-26-18)27-21(32)23(12-25)8-9-23/h4-7,10-11,14H,8-9H2,1-3H3,(H,27,32)(H,28,33)/t14-/m1/s1. The minimum absolute atomic E-state index is 0.249. The molecule has 11 heteroatoms. The first-order valence-corrected chi connectivity index (χ1v) is 10.5. The number of nitrogens with zero attached hydrogens (tertiary/aromatic N) is 5. The largest absolute Gasteiger partial charge is 0.441 e. The second-order valence-electron chi connectivity index (χ2n) is 8.16. The van der Waals surface area contributed by atoms with E-state index in [-0.39, 0.29) is 11.7 Å². The zero-order valence-electron chi connectivity index (χ0n) is 18.8. The quantitative estimate of drug-likeness (QED) is 0.566. The summed E-state index contributed by atoms with van der Waals surface area (Å²) >= 11 is 0. The van der Waals surface area contributed by atoms with Crippen LogP contribution in [-0.4, -0.2) is 32.0 Å². The number of halogens is 1. The number of aryl methyl sites for hydroxylation is 2. The molecule has 34 heavy (non-hydrogen) atoms. The number of aromatic nitrogens is 4. The van der Waals surface area contributed by atoms with Crippen LogP contribution in [0.2, 0.25) is 0 Å². The molecule has 0 radical (unpaired) electrons. The Labute approximate surface area is 194 Å². The number of pyridine rings is 1. The SMILES string of the molecule is Cc1ccc(F)cc1[C@@H](C)OC(=O)Nc1c(-c2ccc(NC(=O)C3(C#N)CC3)cn2)nnn1C. The summed E-state index contributed by atoms with van der Waals surface area (Å²) < 4.78 is 20.4. The van der Waals surface area contributed by atoms with E-state index in [9.17, 15) is 14.0 Å². The van der Waals surface area contributed by atoms with E-state index in [4.69, 9.17) is 10.00 Å². The number of carbonyl (C=O) groups excluding carboxylic acids is 2. The van der Waals surface area contributed by atoms with Gasteiger partial charge in [-0.15, -0.1) is 5.10 Å². The maximum absolute atomic E-state index is 13.6. The maximum Gasteiger partial charge on any atom is 0.413 e. The van der Waals surface area contributed by atoms with E-state index in [1.54, 1.807) is 39.1 Å². The molecule has 3 aromatic rings. The van der Waals surface area contributed by atoms with Crippen LogP contribution >= 0.6 is 0 Å². The van der Waals surface area contributed by atoms with Crippen molar-refractivity contribution in [2.75, 3.05) is 10.6 Å². The van der Waals surface area contributed by atoms with Gasteiger partial charge in [-0.05, 0) is 62.1 Å². The van der Waals surface area contributed by atoms with Gasteiger partial charge < -0.3 is 10.1 Å². The van der Waals surface area contributed by atoms with Crippen LogP contribution < -0.4 is 10.6 Å². The molecular formula is C23H22FN7O3. The topological polar surface area (TPSA) is 135 Å². The van der Waals surface area contributed by atoms with E-state index in [0.29, 0.717) is 35.5 Å². The molecule has 10 nitrogen and oxygen atoms in total. The van der Waals surface area contributed by atoms with Crippen LogP contribution in [0.4, 0.5) is 20.7 Å². The van der Waals surface area contributed by atoms with Gasteiger partial charge in [0, 0.05) is 7.05 Å². The molecular weight excluding hydrogens is 441 g/mol. The van der Waals surface area contributed by atoms with Crippen molar-refractivity contribution in [1.29, 1.82) is 5.26 Å². The van der Waals surface area contributed by atoms with Gasteiger partial charge in [0.25, 0.3) is 0 Å². The number of rotatable bonds is 6. The van der Waals surface area contributed by atoms with E-state index in [0.717, 1.165) is 5.56 Å². The van der Waals surface area contributed by atoms with Crippen LogP contribution in [0.1, 0.15) is 37.0 Å². The highest BCUT2D eigenvalue weighted by molar-refractivity contribution is 5.99. The monoisotopic (exact) mass is 463 g/mol. The summed E-state index contributed by atoms with van der Waals surface area (Å²) in [5.74, 6) is -0.518. The first-order valence-electron chi connectivity index (χ1n) is 10.5. The molecule has 1 aliphatic rings. The summed E-state index contributed by atoms with van der Waals surface area (Å²) in [6, 6.07) is 9.57. The lowest BCUT2D eigenvalue weighted by Crippen LogP contribution is -2.22. The number of hydrogen-bond donors (Lipinski definition) is 2. The summed E-state index contributed by atoms with van der Waals surface area (Å²) in [4.78, 5) is 29.1. The molecule has 2 heterocycles. The second kappa shape index (κ2) is 8.90. The molecule has 1 fully saturated rings. The lowest BCUT2D eigenvalue weighted by molar-refractivity contribution is -0.119. The lowest BCUT2D eigenvalue weighted by atomic mass is 10.0. The van der Waals surface area contributed by atoms with E-state index < -0.39 is 23.4 Å². The Balaban J connectivity index is 1.46. The zero-order chi connectivity index (χ0) is 24.5. The molecule has 0 spiro atoms. The third-order valence-corrected chi connectivity index (χ3v) is 5.67. The minimum Gasteiger partial charge on any atom is -0.441 e. The summed E-state index contributed by atoms with van der Waals surface area (Å²) in [5, 5.41) is 22.4. The molecule has 1 atom stereocenters. The number of amides is 2. The smallest absolute Gasteiger partial charge is 0.413 e. The molecule has 2 amide bonds. The average molecular weight is 463 g/mol.